The van der Waals surface area contributed by atoms with Crippen LogP contribution in [0.15, 0.2) is 12.7 Å². The lowest BCUT2D eigenvalue weighted by Crippen LogP contribution is -2.11. The molecule has 0 saturated heterocycles. The van der Waals surface area contributed by atoms with E-state index in [9.17, 15) is 5.11 Å². The summed E-state index contributed by atoms with van der Waals surface area (Å²) in [7, 11) is 0. The van der Waals surface area contributed by atoms with E-state index in [2.05, 4.69) is 13.5 Å². The molecule has 0 saturated carbocycles. The fraction of sp³-hybridized carbons (Fsp3) is 0.857. The van der Waals surface area contributed by atoms with Crippen LogP contribution in [0.5, 0.6) is 0 Å². The Morgan fingerprint density at radius 1 is 1.12 bits per heavy atom. The average molecular weight is 228 g/mol. The lowest BCUT2D eigenvalue weighted by molar-refractivity contribution is 0.0856. The zero-order valence-electron chi connectivity index (χ0n) is 10.7. The second-order valence-corrected chi connectivity index (χ2v) is 4.64. The van der Waals surface area contributed by atoms with Crippen LogP contribution in [0.2, 0.25) is 0 Å². The third-order valence-corrected chi connectivity index (χ3v) is 3.09. The van der Waals surface area contributed by atoms with Gasteiger partial charge in [0.15, 0.2) is 0 Å². The van der Waals surface area contributed by atoms with E-state index in [0.29, 0.717) is 0 Å². The predicted molar refractivity (Wildman–Crippen MR) is 69.4 cm³/mol. The van der Waals surface area contributed by atoms with E-state index in [1.165, 1.54) is 32.1 Å². The number of unbranched alkanes of at least 4 members (excludes halogenated alkanes) is 1. The van der Waals surface area contributed by atoms with E-state index in [1.54, 1.807) is 0 Å². The Labute approximate surface area is 100 Å². The Kier molecular flexibility index (Phi) is 10.9. The van der Waals surface area contributed by atoms with Crippen molar-refractivity contribution >= 4 is 0 Å². The summed E-state index contributed by atoms with van der Waals surface area (Å²) in [4.78, 5) is 0. The van der Waals surface area contributed by atoms with Crippen LogP contribution < -0.4 is 0 Å². The first-order chi connectivity index (χ1) is 7.74. The normalized spacial score (nSPS) is 14.7. The minimum absolute atomic E-state index is 0.102. The molecule has 0 aliphatic heterocycles. The van der Waals surface area contributed by atoms with Crippen LogP contribution in [-0.2, 0) is 0 Å². The highest BCUT2D eigenvalue weighted by Crippen LogP contribution is 2.21. The summed E-state index contributed by atoms with van der Waals surface area (Å²) in [5.41, 5.74) is 0. The van der Waals surface area contributed by atoms with Crippen molar-refractivity contribution in [2.45, 2.75) is 64.4 Å². The molecular formula is C14H28O2. The summed E-state index contributed by atoms with van der Waals surface area (Å²) < 4.78 is 0. The maximum absolute atomic E-state index is 9.20. The molecule has 16 heavy (non-hydrogen) atoms. The third-order valence-electron chi connectivity index (χ3n) is 3.09. The highest BCUT2D eigenvalue weighted by Gasteiger charge is 2.07. The van der Waals surface area contributed by atoms with Crippen molar-refractivity contribution < 1.29 is 10.2 Å². The topological polar surface area (TPSA) is 40.5 Å². The second kappa shape index (κ2) is 11.2. The van der Waals surface area contributed by atoms with Crippen LogP contribution in [0.25, 0.3) is 0 Å². The largest absolute Gasteiger partial charge is 0.394 e. The predicted octanol–water partition coefficient (Wildman–Crippen LogP) is 3.28. The molecule has 0 heterocycles. The summed E-state index contributed by atoms with van der Waals surface area (Å²) in [5, 5.41) is 17.9. The molecule has 0 amide bonds. The van der Waals surface area contributed by atoms with E-state index >= 15 is 0 Å². The van der Waals surface area contributed by atoms with Gasteiger partial charge in [-0.05, 0) is 25.2 Å². The molecule has 2 atom stereocenters. The van der Waals surface area contributed by atoms with Gasteiger partial charge in [0.1, 0.15) is 0 Å². The third kappa shape index (κ3) is 8.93. The van der Waals surface area contributed by atoms with Gasteiger partial charge in [-0.2, -0.15) is 0 Å². The van der Waals surface area contributed by atoms with Crippen molar-refractivity contribution in [3.63, 3.8) is 0 Å². The van der Waals surface area contributed by atoms with Gasteiger partial charge >= 0.3 is 0 Å². The maximum Gasteiger partial charge on any atom is 0.0770 e. The van der Waals surface area contributed by atoms with Crippen LogP contribution in [0, 0.1) is 5.92 Å². The fourth-order valence-corrected chi connectivity index (χ4v) is 2.10. The number of aliphatic hydroxyl groups excluding tert-OH is 2. The monoisotopic (exact) mass is 228 g/mol. The molecule has 0 rings (SSSR count). The molecule has 2 N–H and O–H groups in total. The van der Waals surface area contributed by atoms with Crippen LogP contribution in [0.4, 0.5) is 0 Å². The van der Waals surface area contributed by atoms with Crippen molar-refractivity contribution in [3.05, 3.63) is 12.7 Å². The summed E-state index contributed by atoms with van der Waals surface area (Å²) in [6, 6.07) is 0. The van der Waals surface area contributed by atoms with Crippen molar-refractivity contribution in [1.82, 2.24) is 0 Å². The molecule has 0 spiro atoms. The SMILES string of the molecule is C=CCCC(CCC)CCCCC(O)CO. The lowest BCUT2D eigenvalue weighted by Gasteiger charge is -2.15. The Bertz CT molecular complexity index is 157. The van der Waals surface area contributed by atoms with E-state index in [1.807, 2.05) is 6.08 Å². The number of hydrogen-bond acceptors (Lipinski definition) is 2. The van der Waals surface area contributed by atoms with Gasteiger partial charge in [0.25, 0.3) is 0 Å². The van der Waals surface area contributed by atoms with Crippen LogP contribution in [0.1, 0.15) is 58.3 Å². The molecule has 0 aliphatic rings. The van der Waals surface area contributed by atoms with Crippen LogP contribution >= 0.6 is 0 Å². The van der Waals surface area contributed by atoms with Gasteiger partial charge in [-0.25, -0.2) is 0 Å². The average Bonchev–Trinajstić information content (AvgIpc) is 2.30. The maximum atomic E-state index is 9.20. The molecule has 96 valence electrons. The van der Waals surface area contributed by atoms with Crippen LogP contribution in [0.3, 0.4) is 0 Å². The first kappa shape index (κ1) is 15.7. The molecule has 0 aliphatic carbocycles. The molecule has 0 fully saturated rings. The first-order valence-electron chi connectivity index (χ1n) is 6.64. The quantitative estimate of drug-likeness (QED) is 0.421. The summed E-state index contributed by atoms with van der Waals surface area (Å²) in [6.45, 7) is 5.89. The minimum Gasteiger partial charge on any atom is -0.394 e. The standard InChI is InChI=1S/C14H28O2/c1-3-5-9-13(8-4-2)10-6-7-11-14(16)12-15/h3,13-16H,1,4-12H2,2H3. The first-order valence-corrected chi connectivity index (χ1v) is 6.64. The molecule has 2 nitrogen and oxygen atoms in total. The van der Waals surface area contributed by atoms with Gasteiger partial charge in [-0.3, -0.25) is 0 Å². The number of aliphatic hydroxyl groups is 2. The Hall–Kier alpha value is -0.340. The molecule has 0 aromatic heterocycles. The highest BCUT2D eigenvalue weighted by molar-refractivity contribution is 4.70. The van der Waals surface area contributed by atoms with Crippen molar-refractivity contribution in [3.8, 4) is 0 Å². The summed E-state index contributed by atoms with van der Waals surface area (Å²) in [6.07, 6.45) is 10.6. The Balaban J connectivity index is 3.54. The molecule has 2 unspecified atom stereocenters. The second-order valence-electron chi connectivity index (χ2n) is 4.64. The van der Waals surface area contributed by atoms with E-state index < -0.39 is 6.10 Å². The Morgan fingerprint density at radius 2 is 1.81 bits per heavy atom. The molecule has 0 aromatic carbocycles. The van der Waals surface area contributed by atoms with Gasteiger partial charge < -0.3 is 10.2 Å². The Morgan fingerprint density at radius 3 is 2.38 bits per heavy atom. The molecule has 0 aromatic rings. The van der Waals surface area contributed by atoms with E-state index in [-0.39, 0.29) is 6.61 Å². The summed E-state index contributed by atoms with van der Waals surface area (Å²) >= 11 is 0. The van der Waals surface area contributed by atoms with Gasteiger partial charge in [0.05, 0.1) is 12.7 Å². The van der Waals surface area contributed by atoms with E-state index in [4.69, 9.17) is 5.11 Å². The number of hydrogen-bond donors (Lipinski definition) is 2. The van der Waals surface area contributed by atoms with E-state index in [0.717, 1.165) is 25.2 Å². The van der Waals surface area contributed by atoms with Crippen molar-refractivity contribution in [2.75, 3.05) is 6.61 Å². The van der Waals surface area contributed by atoms with Gasteiger partial charge in [0.2, 0.25) is 0 Å². The highest BCUT2D eigenvalue weighted by atomic mass is 16.3. The molecule has 0 bridgehead atoms. The minimum atomic E-state index is -0.516. The molecular weight excluding hydrogens is 200 g/mol. The zero-order valence-corrected chi connectivity index (χ0v) is 10.7. The van der Waals surface area contributed by atoms with Gasteiger partial charge in [0, 0.05) is 0 Å². The van der Waals surface area contributed by atoms with Crippen molar-refractivity contribution in [1.29, 1.82) is 0 Å². The van der Waals surface area contributed by atoms with Gasteiger partial charge in [-0.15, -0.1) is 6.58 Å². The zero-order chi connectivity index (χ0) is 12.2. The molecule has 0 radical (unpaired) electrons. The van der Waals surface area contributed by atoms with Crippen molar-refractivity contribution in [2.24, 2.45) is 5.92 Å². The smallest absolute Gasteiger partial charge is 0.0770 e. The summed E-state index contributed by atoms with van der Waals surface area (Å²) in [5.74, 6) is 0.814. The van der Waals surface area contributed by atoms with Crippen LogP contribution in [-0.4, -0.2) is 22.9 Å². The number of allylic oxidation sites excluding steroid dienone is 1. The van der Waals surface area contributed by atoms with Gasteiger partial charge in [-0.1, -0.05) is 45.1 Å². The lowest BCUT2D eigenvalue weighted by atomic mass is 9.92. The molecule has 2 heteroatoms. The fourth-order valence-electron chi connectivity index (χ4n) is 2.10. The number of rotatable bonds is 11.